The molecule has 116 valence electrons. The van der Waals surface area contributed by atoms with Gasteiger partial charge in [-0.2, -0.15) is 0 Å². The maximum Gasteiger partial charge on any atom is 0.191 e. The summed E-state index contributed by atoms with van der Waals surface area (Å²) in [5.41, 5.74) is 0. The van der Waals surface area contributed by atoms with E-state index < -0.39 is 9.84 Å². The molecule has 0 heterocycles. The Morgan fingerprint density at radius 3 is 2.52 bits per heavy atom. The van der Waals surface area contributed by atoms with Crippen LogP contribution in [0.2, 0.25) is 5.02 Å². The van der Waals surface area contributed by atoms with E-state index in [-0.39, 0.29) is 10.6 Å². The van der Waals surface area contributed by atoms with Gasteiger partial charge in [-0.3, -0.25) is 4.99 Å². The van der Waals surface area contributed by atoms with E-state index in [1.807, 2.05) is 0 Å². The Balaban J connectivity index is 1.85. The molecular formula is C14H20ClN3O2S. The van der Waals surface area contributed by atoms with E-state index in [2.05, 4.69) is 22.5 Å². The van der Waals surface area contributed by atoms with Gasteiger partial charge in [-0.1, -0.05) is 18.5 Å². The van der Waals surface area contributed by atoms with Gasteiger partial charge in [0.15, 0.2) is 15.8 Å². The van der Waals surface area contributed by atoms with E-state index in [0.29, 0.717) is 29.5 Å². The first-order chi connectivity index (χ1) is 9.92. The molecule has 1 aliphatic rings. The van der Waals surface area contributed by atoms with Crippen molar-refractivity contribution in [1.29, 1.82) is 0 Å². The Hall–Kier alpha value is -1.27. The first-order valence-corrected chi connectivity index (χ1v) is 8.91. The minimum Gasteiger partial charge on any atom is -0.355 e. The van der Waals surface area contributed by atoms with Crippen LogP contribution in [0.3, 0.4) is 0 Å². The van der Waals surface area contributed by atoms with Gasteiger partial charge >= 0.3 is 0 Å². The number of hydrogen-bond donors (Lipinski definition) is 2. The lowest BCUT2D eigenvalue weighted by atomic mass is 10.4. The maximum atomic E-state index is 12.2. The molecular weight excluding hydrogens is 310 g/mol. The fourth-order valence-corrected chi connectivity index (χ4v) is 3.24. The monoisotopic (exact) mass is 329 g/mol. The van der Waals surface area contributed by atoms with Crippen LogP contribution in [0.15, 0.2) is 34.2 Å². The van der Waals surface area contributed by atoms with Gasteiger partial charge in [-0.25, -0.2) is 8.42 Å². The second kappa shape index (κ2) is 6.66. The first kappa shape index (κ1) is 16.1. The Kier molecular flexibility index (Phi) is 5.11. The van der Waals surface area contributed by atoms with Gasteiger partial charge in [0, 0.05) is 24.7 Å². The average molecular weight is 330 g/mol. The van der Waals surface area contributed by atoms with E-state index in [1.165, 1.54) is 12.1 Å². The summed E-state index contributed by atoms with van der Waals surface area (Å²) in [4.78, 5) is 4.37. The lowest BCUT2D eigenvalue weighted by Crippen LogP contribution is -2.41. The molecule has 0 amide bonds. The van der Waals surface area contributed by atoms with Crippen LogP contribution in [-0.2, 0) is 9.84 Å². The number of aliphatic imine (C=N–C) groups is 1. The van der Waals surface area contributed by atoms with Crippen molar-refractivity contribution in [3.8, 4) is 0 Å². The highest BCUT2D eigenvalue weighted by Crippen LogP contribution is 2.28. The fourth-order valence-electron chi connectivity index (χ4n) is 1.96. The van der Waals surface area contributed by atoms with Gasteiger partial charge in [-0.15, -0.1) is 0 Å². The van der Waals surface area contributed by atoms with E-state index in [1.54, 1.807) is 19.2 Å². The summed E-state index contributed by atoms with van der Waals surface area (Å²) in [7, 11) is -1.63. The molecule has 2 rings (SSSR count). The van der Waals surface area contributed by atoms with Gasteiger partial charge in [0.25, 0.3) is 0 Å². The second-order valence-electron chi connectivity index (χ2n) is 5.24. The summed E-state index contributed by atoms with van der Waals surface area (Å²) >= 11 is 5.76. The van der Waals surface area contributed by atoms with Crippen molar-refractivity contribution in [2.45, 2.75) is 24.3 Å². The molecule has 7 heteroatoms. The van der Waals surface area contributed by atoms with Crippen molar-refractivity contribution in [2.75, 3.05) is 19.3 Å². The zero-order valence-corrected chi connectivity index (χ0v) is 13.7. The van der Waals surface area contributed by atoms with Crippen LogP contribution in [0.5, 0.6) is 0 Å². The third-order valence-electron chi connectivity index (χ3n) is 3.49. The zero-order chi connectivity index (χ0) is 15.5. The third kappa shape index (κ3) is 4.61. The van der Waals surface area contributed by atoms with E-state index in [9.17, 15) is 8.42 Å². The van der Waals surface area contributed by atoms with Gasteiger partial charge in [0.2, 0.25) is 0 Å². The van der Waals surface area contributed by atoms with Gasteiger partial charge in [-0.05, 0) is 36.6 Å². The van der Waals surface area contributed by atoms with Crippen LogP contribution < -0.4 is 10.6 Å². The molecule has 2 atom stereocenters. The molecule has 0 saturated heterocycles. The minimum atomic E-state index is -3.31. The quantitative estimate of drug-likeness (QED) is 0.637. The Bertz CT molecular complexity index is 614. The molecule has 1 saturated carbocycles. The number of benzene rings is 1. The molecule has 0 aliphatic heterocycles. The number of hydrogen-bond acceptors (Lipinski definition) is 3. The molecule has 2 N–H and O–H groups in total. The van der Waals surface area contributed by atoms with Crippen LogP contribution in [0.1, 0.15) is 13.3 Å². The molecule has 5 nitrogen and oxygen atoms in total. The lowest BCUT2D eigenvalue weighted by molar-refractivity contribution is 0.594. The van der Waals surface area contributed by atoms with Gasteiger partial charge < -0.3 is 10.6 Å². The number of halogens is 1. The highest BCUT2D eigenvalue weighted by atomic mass is 35.5. The summed E-state index contributed by atoms with van der Waals surface area (Å²) in [5.74, 6) is 1.31. The van der Waals surface area contributed by atoms with Crippen molar-refractivity contribution in [1.82, 2.24) is 10.6 Å². The number of rotatable bonds is 5. The summed E-state index contributed by atoms with van der Waals surface area (Å²) in [6, 6.07) is 6.66. The predicted octanol–water partition coefficient (Wildman–Crippen LogP) is 1.69. The smallest absolute Gasteiger partial charge is 0.191 e. The van der Waals surface area contributed by atoms with Crippen LogP contribution in [0, 0.1) is 5.92 Å². The predicted molar refractivity (Wildman–Crippen MR) is 85.6 cm³/mol. The molecule has 0 radical (unpaired) electrons. The van der Waals surface area contributed by atoms with E-state index in [4.69, 9.17) is 11.6 Å². The molecule has 1 aromatic rings. The van der Waals surface area contributed by atoms with Gasteiger partial charge in [0.1, 0.15) is 0 Å². The van der Waals surface area contributed by atoms with Crippen molar-refractivity contribution >= 4 is 27.4 Å². The van der Waals surface area contributed by atoms with Crippen molar-refractivity contribution in [3.05, 3.63) is 29.3 Å². The van der Waals surface area contributed by atoms with Crippen molar-refractivity contribution in [2.24, 2.45) is 10.9 Å². The standard InChI is InChI=1S/C14H20ClN3O2S/c1-10-9-13(10)18-14(16-2)17-7-8-21(19,20)12-5-3-11(15)4-6-12/h3-6,10,13H,7-9H2,1-2H3,(H2,16,17,18). The van der Waals surface area contributed by atoms with Gasteiger partial charge in [0.05, 0.1) is 10.6 Å². The fraction of sp³-hybridized carbons (Fsp3) is 0.500. The van der Waals surface area contributed by atoms with Crippen molar-refractivity contribution < 1.29 is 8.42 Å². The molecule has 21 heavy (non-hydrogen) atoms. The van der Waals surface area contributed by atoms with E-state index >= 15 is 0 Å². The Labute approximate surface area is 130 Å². The van der Waals surface area contributed by atoms with E-state index in [0.717, 1.165) is 6.42 Å². The molecule has 0 bridgehead atoms. The molecule has 0 spiro atoms. The zero-order valence-electron chi connectivity index (χ0n) is 12.1. The number of nitrogens with zero attached hydrogens (tertiary/aromatic N) is 1. The third-order valence-corrected chi connectivity index (χ3v) is 5.48. The normalized spacial score (nSPS) is 22.0. The largest absolute Gasteiger partial charge is 0.355 e. The second-order valence-corrected chi connectivity index (χ2v) is 7.78. The van der Waals surface area contributed by atoms with Crippen LogP contribution >= 0.6 is 11.6 Å². The number of guanidine groups is 1. The summed E-state index contributed by atoms with van der Waals surface area (Å²) in [6.07, 6.45) is 1.13. The van der Waals surface area contributed by atoms with Crippen molar-refractivity contribution in [3.63, 3.8) is 0 Å². The molecule has 1 fully saturated rings. The lowest BCUT2D eigenvalue weighted by Gasteiger charge is -2.11. The number of sulfone groups is 1. The van der Waals surface area contributed by atoms with Crippen LogP contribution in [-0.4, -0.2) is 39.8 Å². The molecule has 1 aromatic carbocycles. The Morgan fingerprint density at radius 2 is 2.00 bits per heavy atom. The molecule has 2 unspecified atom stereocenters. The SMILES string of the molecule is CN=C(NCCS(=O)(=O)c1ccc(Cl)cc1)NC1CC1C. The minimum absolute atomic E-state index is 0.00948. The summed E-state index contributed by atoms with van der Waals surface area (Å²) in [6.45, 7) is 2.47. The highest BCUT2D eigenvalue weighted by Gasteiger charge is 2.33. The first-order valence-electron chi connectivity index (χ1n) is 6.88. The summed E-state index contributed by atoms with van der Waals surface area (Å²) < 4.78 is 24.3. The molecule has 0 aromatic heterocycles. The highest BCUT2D eigenvalue weighted by molar-refractivity contribution is 7.91. The molecule has 1 aliphatic carbocycles. The van der Waals surface area contributed by atoms with Crippen LogP contribution in [0.25, 0.3) is 0 Å². The maximum absolute atomic E-state index is 12.2. The Morgan fingerprint density at radius 1 is 1.38 bits per heavy atom. The van der Waals surface area contributed by atoms with Crippen LogP contribution in [0.4, 0.5) is 0 Å². The number of nitrogens with one attached hydrogen (secondary N) is 2. The average Bonchev–Trinajstić information content (AvgIpc) is 3.13. The topological polar surface area (TPSA) is 70.6 Å². The summed E-state index contributed by atoms with van der Waals surface area (Å²) in [5, 5.41) is 6.81.